The van der Waals surface area contributed by atoms with Crippen molar-refractivity contribution in [3.8, 4) is 11.6 Å². The van der Waals surface area contributed by atoms with E-state index < -0.39 is 0 Å². The number of anilines is 1. The number of carbonyl (C=O) groups excluding carboxylic acids is 1. The zero-order valence-electron chi connectivity index (χ0n) is 16.4. The lowest BCUT2D eigenvalue weighted by atomic mass is 9.96. The molecule has 1 saturated carbocycles. The van der Waals surface area contributed by atoms with Gasteiger partial charge in [-0.1, -0.05) is 19.3 Å². The van der Waals surface area contributed by atoms with Crippen LogP contribution in [0.25, 0.3) is 0 Å². The first kappa shape index (κ1) is 19.4. The fraction of sp³-hybridized carbons (Fsp3) is 0.476. The number of aromatic nitrogens is 2. The van der Waals surface area contributed by atoms with Gasteiger partial charge in [-0.2, -0.15) is 0 Å². The Morgan fingerprint density at radius 3 is 2.48 bits per heavy atom. The van der Waals surface area contributed by atoms with Crippen LogP contribution in [0.5, 0.6) is 11.6 Å². The second-order valence-corrected chi connectivity index (χ2v) is 7.53. The second kappa shape index (κ2) is 9.07. The highest BCUT2D eigenvalue weighted by Gasteiger charge is 2.24. The zero-order chi connectivity index (χ0) is 20.1. The van der Waals surface area contributed by atoms with Crippen LogP contribution in [0.15, 0.2) is 36.7 Å². The number of hydrogen-bond acceptors (Lipinski definition) is 5. The third kappa shape index (κ3) is 5.13. The smallest absolute Gasteiger partial charge is 0.317 e. The lowest BCUT2D eigenvalue weighted by Crippen LogP contribution is -2.53. The van der Waals surface area contributed by atoms with Gasteiger partial charge in [-0.25, -0.2) is 19.2 Å². The van der Waals surface area contributed by atoms with E-state index in [0.717, 1.165) is 18.7 Å². The highest BCUT2D eigenvalue weighted by Crippen LogP contribution is 2.23. The molecule has 7 nitrogen and oxygen atoms in total. The molecule has 2 amide bonds. The number of ether oxygens (including phenoxy) is 1. The minimum atomic E-state index is -0.314. The van der Waals surface area contributed by atoms with Gasteiger partial charge in [-0.15, -0.1) is 0 Å². The molecule has 2 aromatic rings. The normalized spacial score (nSPS) is 17.8. The van der Waals surface area contributed by atoms with Crippen molar-refractivity contribution in [1.29, 1.82) is 0 Å². The third-order valence-electron chi connectivity index (χ3n) is 5.49. The summed E-state index contributed by atoms with van der Waals surface area (Å²) in [6, 6.07) is 7.93. The van der Waals surface area contributed by atoms with Gasteiger partial charge >= 0.3 is 6.03 Å². The number of piperazine rings is 1. The molecule has 4 rings (SSSR count). The van der Waals surface area contributed by atoms with Crippen LogP contribution in [-0.2, 0) is 0 Å². The molecular weight excluding hydrogens is 373 g/mol. The molecule has 1 aromatic heterocycles. The highest BCUT2D eigenvalue weighted by atomic mass is 19.1. The average Bonchev–Trinajstić information content (AvgIpc) is 2.76. The molecule has 154 valence electrons. The van der Waals surface area contributed by atoms with Crippen LogP contribution in [0.1, 0.15) is 32.1 Å². The molecule has 1 N–H and O–H groups in total. The summed E-state index contributed by atoms with van der Waals surface area (Å²) in [4.78, 5) is 25.0. The number of carbonyl (C=O) groups is 1. The molecule has 1 aromatic carbocycles. The van der Waals surface area contributed by atoms with Crippen LogP contribution in [0.4, 0.5) is 15.0 Å². The average molecular weight is 399 g/mol. The lowest BCUT2D eigenvalue weighted by molar-refractivity contribution is 0.186. The Hall–Kier alpha value is -2.90. The van der Waals surface area contributed by atoms with Crippen molar-refractivity contribution in [2.24, 2.45) is 0 Å². The number of halogens is 1. The van der Waals surface area contributed by atoms with Crippen molar-refractivity contribution in [2.75, 3.05) is 31.1 Å². The van der Waals surface area contributed by atoms with E-state index in [1.54, 1.807) is 18.2 Å². The summed E-state index contributed by atoms with van der Waals surface area (Å²) in [7, 11) is 0. The minimum Gasteiger partial charge on any atom is -0.439 e. The number of nitrogens with zero attached hydrogens (tertiary/aromatic N) is 4. The van der Waals surface area contributed by atoms with E-state index >= 15 is 0 Å². The predicted molar refractivity (Wildman–Crippen MR) is 108 cm³/mol. The predicted octanol–water partition coefficient (Wildman–Crippen LogP) is 3.57. The van der Waals surface area contributed by atoms with Crippen molar-refractivity contribution in [3.05, 3.63) is 42.5 Å². The summed E-state index contributed by atoms with van der Waals surface area (Å²) < 4.78 is 18.7. The van der Waals surface area contributed by atoms with E-state index in [1.807, 2.05) is 4.90 Å². The summed E-state index contributed by atoms with van der Waals surface area (Å²) in [5.74, 6) is 1.36. The first-order valence-electron chi connectivity index (χ1n) is 10.2. The SMILES string of the molecule is O=C(NC1CCCCC1)N1CCN(c2cc(Oc3ccc(F)cc3)ncn2)CC1. The van der Waals surface area contributed by atoms with Gasteiger partial charge in [-0.05, 0) is 37.1 Å². The van der Waals surface area contributed by atoms with Crippen molar-refractivity contribution in [1.82, 2.24) is 20.2 Å². The van der Waals surface area contributed by atoms with E-state index in [4.69, 9.17) is 4.74 Å². The highest BCUT2D eigenvalue weighted by molar-refractivity contribution is 5.75. The summed E-state index contributed by atoms with van der Waals surface area (Å²) in [6.07, 6.45) is 7.31. The molecule has 0 unspecified atom stereocenters. The quantitative estimate of drug-likeness (QED) is 0.851. The number of urea groups is 1. The molecule has 2 heterocycles. The van der Waals surface area contributed by atoms with Gasteiger partial charge < -0.3 is 19.9 Å². The maximum absolute atomic E-state index is 13.0. The van der Waals surface area contributed by atoms with Crippen molar-refractivity contribution < 1.29 is 13.9 Å². The first-order chi connectivity index (χ1) is 14.2. The monoisotopic (exact) mass is 399 g/mol. The fourth-order valence-electron chi connectivity index (χ4n) is 3.83. The molecule has 0 bridgehead atoms. The minimum absolute atomic E-state index is 0.0413. The molecular formula is C21H26FN5O2. The molecule has 2 fully saturated rings. The molecule has 1 saturated heterocycles. The van der Waals surface area contributed by atoms with Crippen LogP contribution < -0.4 is 15.0 Å². The largest absolute Gasteiger partial charge is 0.439 e. The zero-order valence-corrected chi connectivity index (χ0v) is 16.4. The summed E-state index contributed by atoms with van der Waals surface area (Å²) in [5, 5.41) is 3.18. The lowest BCUT2D eigenvalue weighted by Gasteiger charge is -2.36. The molecule has 29 heavy (non-hydrogen) atoms. The maximum atomic E-state index is 13.0. The van der Waals surface area contributed by atoms with Gasteiger partial charge in [0.25, 0.3) is 0 Å². The molecule has 0 spiro atoms. The third-order valence-corrected chi connectivity index (χ3v) is 5.49. The van der Waals surface area contributed by atoms with Gasteiger partial charge in [0.05, 0.1) is 0 Å². The number of rotatable bonds is 4. The van der Waals surface area contributed by atoms with Crippen LogP contribution >= 0.6 is 0 Å². The second-order valence-electron chi connectivity index (χ2n) is 7.53. The molecule has 1 aliphatic carbocycles. The van der Waals surface area contributed by atoms with E-state index in [2.05, 4.69) is 20.2 Å². The van der Waals surface area contributed by atoms with Gasteiger partial charge in [-0.3, -0.25) is 0 Å². The number of amides is 2. The van der Waals surface area contributed by atoms with Gasteiger partial charge in [0, 0.05) is 38.3 Å². The van der Waals surface area contributed by atoms with Gasteiger partial charge in [0.1, 0.15) is 23.7 Å². The Bertz CT molecular complexity index is 818. The molecule has 8 heteroatoms. The Kier molecular flexibility index (Phi) is 6.07. The van der Waals surface area contributed by atoms with Crippen LogP contribution in [0.3, 0.4) is 0 Å². The first-order valence-corrected chi connectivity index (χ1v) is 10.2. The Morgan fingerprint density at radius 2 is 1.76 bits per heavy atom. The number of hydrogen-bond donors (Lipinski definition) is 1. The summed E-state index contributed by atoms with van der Waals surface area (Å²) in [5.41, 5.74) is 0. The van der Waals surface area contributed by atoms with Gasteiger partial charge in [0.15, 0.2) is 0 Å². The molecule has 0 atom stereocenters. The topological polar surface area (TPSA) is 70.6 Å². The van der Waals surface area contributed by atoms with Crippen LogP contribution in [0, 0.1) is 5.82 Å². The Balaban J connectivity index is 1.31. The van der Waals surface area contributed by atoms with Crippen LogP contribution in [-0.4, -0.2) is 53.1 Å². The standard InChI is InChI=1S/C21H26FN5O2/c22-16-6-8-18(9-7-16)29-20-14-19(23-15-24-20)26-10-12-27(13-11-26)21(28)25-17-4-2-1-3-5-17/h6-9,14-15,17H,1-5,10-13H2,(H,25,28). The van der Waals surface area contributed by atoms with E-state index in [1.165, 1.54) is 37.7 Å². The van der Waals surface area contributed by atoms with Crippen molar-refractivity contribution in [3.63, 3.8) is 0 Å². The van der Waals surface area contributed by atoms with Gasteiger partial charge in [0.2, 0.25) is 5.88 Å². The van der Waals surface area contributed by atoms with E-state index in [-0.39, 0.29) is 11.8 Å². The molecule has 0 radical (unpaired) electrons. The molecule has 2 aliphatic rings. The van der Waals surface area contributed by atoms with Crippen molar-refractivity contribution in [2.45, 2.75) is 38.1 Å². The fourth-order valence-corrected chi connectivity index (χ4v) is 3.83. The Labute approximate surface area is 169 Å². The summed E-state index contributed by atoms with van der Waals surface area (Å²) in [6.45, 7) is 2.70. The Morgan fingerprint density at radius 1 is 1.03 bits per heavy atom. The molecule has 1 aliphatic heterocycles. The van der Waals surface area contributed by atoms with E-state index in [0.29, 0.717) is 43.9 Å². The van der Waals surface area contributed by atoms with E-state index in [9.17, 15) is 9.18 Å². The van der Waals surface area contributed by atoms with Crippen molar-refractivity contribution >= 4 is 11.8 Å². The number of benzene rings is 1. The van der Waals surface area contributed by atoms with Crippen LogP contribution in [0.2, 0.25) is 0 Å². The summed E-state index contributed by atoms with van der Waals surface area (Å²) >= 11 is 0. The maximum Gasteiger partial charge on any atom is 0.317 e. The number of nitrogens with one attached hydrogen (secondary N) is 1.